The number of hydrazine groups is 1. The highest BCUT2D eigenvalue weighted by Gasteiger charge is 1.82. The second-order valence-corrected chi connectivity index (χ2v) is 1.64. The van der Waals surface area contributed by atoms with Crippen molar-refractivity contribution in [2.24, 2.45) is 4.99 Å². The van der Waals surface area contributed by atoms with Crippen molar-refractivity contribution >= 4 is 6.34 Å². The lowest BCUT2D eigenvalue weighted by atomic mass is 10.6. The number of aliphatic imine (C=N–C) groups is 1. The van der Waals surface area contributed by atoms with Gasteiger partial charge in [-0.2, -0.15) is 0 Å². The lowest BCUT2D eigenvalue weighted by molar-refractivity contribution is 0.400. The van der Waals surface area contributed by atoms with Crippen LogP contribution in [0.4, 0.5) is 0 Å². The number of rotatable bonds is 4. The van der Waals surface area contributed by atoms with Gasteiger partial charge in [0, 0.05) is 20.6 Å². The third-order valence-corrected chi connectivity index (χ3v) is 0.774. The van der Waals surface area contributed by atoms with Crippen molar-refractivity contribution in [3.05, 3.63) is 12.7 Å². The van der Waals surface area contributed by atoms with Crippen molar-refractivity contribution in [2.75, 3.05) is 20.6 Å². The largest absolute Gasteiger partial charge is 0.301 e. The van der Waals surface area contributed by atoms with E-state index < -0.39 is 0 Å². The van der Waals surface area contributed by atoms with Gasteiger partial charge >= 0.3 is 0 Å². The lowest BCUT2D eigenvalue weighted by Gasteiger charge is -2.11. The van der Waals surface area contributed by atoms with Crippen molar-refractivity contribution in [1.82, 2.24) is 10.4 Å². The first-order chi connectivity index (χ1) is 4.31. The Morgan fingerprint density at radius 3 is 2.89 bits per heavy atom. The van der Waals surface area contributed by atoms with Gasteiger partial charge in [0.2, 0.25) is 0 Å². The molecular weight excluding hydrogens is 114 g/mol. The fourth-order valence-corrected chi connectivity index (χ4v) is 0.423. The summed E-state index contributed by atoms with van der Waals surface area (Å²) in [5.74, 6) is 0. The van der Waals surface area contributed by atoms with Crippen LogP contribution in [0.5, 0.6) is 0 Å². The van der Waals surface area contributed by atoms with E-state index in [2.05, 4.69) is 17.0 Å². The van der Waals surface area contributed by atoms with E-state index in [1.165, 1.54) is 0 Å². The Hall–Kier alpha value is -0.830. The summed E-state index contributed by atoms with van der Waals surface area (Å²) in [5, 5.41) is 1.78. The predicted molar refractivity (Wildman–Crippen MR) is 40.4 cm³/mol. The summed E-state index contributed by atoms with van der Waals surface area (Å²) in [6, 6.07) is 0. The van der Waals surface area contributed by atoms with E-state index in [4.69, 9.17) is 0 Å². The van der Waals surface area contributed by atoms with Gasteiger partial charge in [-0.05, 0) is 0 Å². The van der Waals surface area contributed by atoms with Crippen LogP contribution in [-0.2, 0) is 0 Å². The minimum absolute atomic E-state index is 0.766. The first kappa shape index (κ1) is 8.17. The Kier molecular flexibility index (Phi) is 4.82. The fourth-order valence-electron chi connectivity index (χ4n) is 0.423. The summed E-state index contributed by atoms with van der Waals surface area (Å²) < 4.78 is 0. The molecule has 0 aromatic carbocycles. The molecule has 0 unspecified atom stereocenters. The van der Waals surface area contributed by atoms with Crippen LogP contribution in [0.25, 0.3) is 0 Å². The summed E-state index contributed by atoms with van der Waals surface area (Å²) >= 11 is 0. The van der Waals surface area contributed by atoms with E-state index in [0.717, 1.165) is 6.54 Å². The Morgan fingerprint density at radius 1 is 1.78 bits per heavy atom. The normalized spacial score (nSPS) is 10.0. The van der Waals surface area contributed by atoms with Gasteiger partial charge < -0.3 is 5.01 Å². The number of nitrogens with one attached hydrogen (secondary N) is 1. The Bertz CT molecular complexity index is 98.5. The molecule has 52 valence electrons. The Labute approximate surface area is 56.0 Å². The number of hydrogen-bond donors (Lipinski definition) is 1. The van der Waals surface area contributed by atoms with Gasteiger partial charge in [-0.1, -0.05) is 6.08 Å². The molecule has 0 aromatic heterocycles. The highest BCUT2D eigenvalue weighted by atomic mass is 15.5. The van der Waals surface area contributed by atoms with E-state index in [-0.39, 0.29) is 0 Å². The highest BCUT2D eigenvalue weighted by Crippen LogP contribution is 1.66. The third kappa shape index (κ3) is 5.03. The zero-order valence-electron chi connectivity index (χ0n) is 5.96. The molecule has 0 atom stereocenters. The van der Waals surface area contributed by atoms with Gasteiger partial charge in [0.05, 0.1) is 6.34 Å². The van der Waals surface area contributed by atoms with Crippen LogP contribution in [0, 0.1) is 0 Å². The molecule has 0 saturated carbocycles. The van der Waals surface area contributed by atoms with E-state index >= 15 is 0 Å². The maximum Gasteiger partial charge on any atom is 0.0986 e. The maximum atomic E-state index is 3.79. The molecule has 3 nitrogen and oxygen atoms in total. The monoisotopic (exact) mass is 127 g/mol. The number of hydrogen-bond acceptors (Lipinski definition) is 2. The molecule has 9 heavy (non-hydrogen) atoms. The van der Waals surface area contributed by atoms with Crippen molar-refractivity contribution in [3.8, 4) is 0 Å². The molecule has 1 N–H and O–H groups in total. The van der Waals surface area contributed by atoms with E-state index in [1.54, 1.807) is 24.5 Å². The minimum Gasteiger partial charge on any atom is -0.301 e. The summed E-state index contributed by atoms with van der Waals surface area (Å²) in [6.07, 6.45) is 3.49. The smallest absolute Gasteiger partial charge is 0.0986 e. The summed E-state index contributed by atoms with van der Waals surface area (Å²) in [5.41, 5.74) is 3.00. The molecule has 0 amide bonds. The van der Waals surface area contributed by atoms with Gasteiger partial charge in [-0.25, -0.2) is 5.43 Å². The first-order valence-electron chi connectivity index (χ1n) is 2.80. The van der Waals surface area contributed by atoms with Crippen molar-refractivity contribution in [1.29, 1.82) is 0 Å². The molecule has 0 aliphatic rings. The van der Waals surface area contributed by atoms with Gasteiger partial charge in [0.25, 0.3) is 0 Å². The van der Waals surface area contributed by atoms with Crippen LogP contribution in [0.2, 0.25) is 0 Å². The number of nitrogens with zero attached hydrogens (tertiary/aromatic N) is 2. The van der Waals surface area contributed by atoms with E-state index in [1.807, 2.05) is 7.05 Å². The predicted octanol–water partition coefficient (Wildman–Crippen LogP) is 0.267. The van der Waals surface area contributed by atoms with Gasteiger partial charge in [0.1, 0.15) is 0 Å². The fraction of sp³-hybridized carbons (Fsp3) is 0.500. The van der Waals surface area contributed by atoms with Crippen LogP contribution in [-0.4, -0.2) is 32.0 Å². The van der Waals surface area contributed by atoms with Gasteiger partial charge in [-0.15, -0.1) is 6.58 Å². The summed E-state index contributed by atoms with van der Waals surface area (Å²) in [4.78, 5) is 3.79. The molecule has 3 heteroatoms. The summed E-state index contributed by atoms with van der Waals surface area (Å²) in [7, 11) is 3.61. The zero-order valence-corrected chi connectivity index (χ0v) is 5.96. The minimum atomic E-state index is 0.766. The lowest BCUT2D eigenvalue weighted by Crippen LogP contribution is -2.32. The second kappa shape index (κ2) is 5.31. The molecule has 0 radical (unpaired) electrons. The van der Waals surface area contributed by atoms with Crippen molar-refractivity contribution in [3.63, 3.8) is 0 Å². The Morgan fingerprint density at radius 2 is 2.44 bits per heavy atom. The van der Waals surface area contributed by atoms with Crippen molar-refractivity contribution < 1.29 is 0 Å². The van der Waals surface area contributed by atoms with Gasteiger partial charge in [-0.3, -0.25) is 4.99 Å². The van der Waals surface area contributed by atoms with E-state index in [0.29, 0.717) is 0 Å². The topological polar surface area (TPSA) is 27.6 Å². The van der Waals surface area contributed by atoms with E-state index in [9.17, 15) is 0 Å². The zero-order chi connectivity index (χ0) is 7.11. The maximum absolute atomic E-state index is 3.79. The highest BCUT2D eigenvalue weighted by molar-refractivity contribution is 5.53. The average molecular weight is 127 g/mol. The molecule has 0 aliphatic carbocycles. The van der Waals surface area contributed by atoms with Crippen LogP contribution in [0.3, 0.4) is 0 Å². The van der Waals surface area contributed by atoms with Crippen LogP contribution < -0.4 is 5.43 Å². The van der Waals surface area contributed by atoms with Gasteiger partial charge in [0.15, 0.2) is 0 Å². The van der Waals surface area contributed by atoms with Crippen molar-refractivity contribution in [2.45, 2.75) is 0 Å². The molecule has 0 aromatic rings. The SMILES string of the molecule is C=CCNN(C)C=NC. The van der Waals surface area contributed by atoms with Crippen LogP contribution in [0.15, 0.2) is 17.6 Å². The molecule has 0 aliphatic heterocycles. The molecular formula is C6H13N3. The summed E-state index contributed by atoms with van der Waals surface area (Å²) in [6.45, 7) is 4.33. The molecule has 0 rings (SSSR count). The molecule has 0 heterocycles. The standard InChI is InChI=1S/C6H13N3/c1-4-5-8-9(3)6-7-2/h4,6,8H,1,5H2,2-3H3. The molecule has 0 saturated heterocycles. The average Bonchev–Trinajstić information content (AvgIpc) is 1.85. The second-order valence-electron chi connectivity index (χ2n) is 1.64. The molecule has 0 bridgehead atoms. The Balaban J connectivity index is 3.25. The quantitative estimate of drug-likeness (QED) is 0.254. The first-order valence-corrected chi connectivity index (χ1v) is 2.80. The van der Waals surface area contributed by atoms with Crippen LogP contribution in [0.1, 0.15) is 0 Å². The third-order valence-electron chi connectivity index (χ3n) is 0.774. The molecule has 0 spiro atoms. The molecule has 0 fully saturated rings. The van der Waals surface area contributed by atoms with Crippen LogP contribution >= 0.6 is 0 Å².